The van der Waals surface area contributed by atoms with Gasteiger partial charge >= 0.3 is 0 Å². The van der Waals surface area contributed by atoms with E-state index in [1.54, 1.807) is 0 Å². The van der Waals surface area contributed by atoms with E-state index in [1.165, 1.54) is 77.9 Å². The quantitative estimate of drug-likeness (QED) is 0.176. The van der Waals surface area contributed by atoms with E-state index in [-0.39, 0.29) is 40.6 Å². The molecule has 75 heavy (non-hydrogen) atoms. The molecule has 0 fully saturated rings. The molecule has 3 heteroatoms. The summed E-state index contributed by atoms with van der Waals surface area (Å²) >= 11 is 0. The zero-order valence-corrected chi connectivity index (χ0v) is 43.3. The van der Waals surface area contributed by atoms with Gasteiger partial charge in [-0.1, -0.05) is 201 Å². The van der Waals surface area contributed by atoms with Crippen molar-refractivity contribution in [2.45, 2.75) is 77.0 Å². The van der Waals surface area contributed by atoms with Crippen LogP contribution in [0.2, 0.25) is 0 Å². The maximum atomic E-state index is 9.37. The van der Waals surface area contributed by atoms with Crippen LogP contribution in [0.25, 0.3) is 99.5 Å². The zero-order valence-electron chi connectivity index (χ0n) is 48.3. The first kappa shape index (κ1) is 38.2. The molecule has 12 aromatic rings. The molecule has 0 bridgehead atoms. The molecule has 3 nitrogen and oxygen atoms in total. The summed E-state index contributed by atoms with van der Waals surface area (Å²) < 4.78 is 59.1. The Morgan fingerprint density at radius 1 is 0.373 bits per heavy atom. The molecule has 0 aliphatic heterocycles. The van der Waals surface area contributed by atoms with Crippen LogP contribution in [-0.4, -0.2) is 0 Å². The van der Waals surface area contributed by atoms with Gasteiger partial charge in [-0.05, 0) is 126 Å². The van der Waals surface area contributed by atoms with E-state index < -0.39 is 16.9 Å². The Morgan fingerprint density at radius 2 is 0.760 bits per heavy atom. The van der Waals surface area contributed by atoms with Crippen LogP contribution in [0.3, 0.4) is 0 Å². The molecule has 360 valence electrons. The third-order valence-electron chi connectivity index (χ3n) is 18.2. The number of nitrogens with zero attached hydrogens (tertiary/aromatic N) is 1. The van der Waals surface area contributed by atoms with Crippen molar-refractivity contribution in [3.8, 4) is 55.6 Å². The van der Waals surface area contributed by atoms with Gasteiger partial charge in [-0.25, -0.2) is 0 Å². The summed E-state index contributed by atoms with van der Waals surface area (Å²) in [4.78, 5) is 2.26. The summed E-state index contributed by atoms with van der Waals surface area (Å²) in [5, 5.41) is 4.43. The van der Waals surface area contributed by atoms with Gasteiger partial charge < -0.3 is 13.7 Å². The zero-order chi connectivity index (χ0) is 55.0. The fourth-order valence-corrected chi connectivity index (χ4v) is 15.0. The van der Waals surface area contributed by atoms with Crippen molar-refractivity contribution in [2.75, 3.05) is 4.90 Å². The van der Waals surface area contributed by atoms with Crippen LogP contribution in [0.4, 0.5) is 17.1 Å². The molecule has 16 rings (SSSR count). The topological polar surface area (TPSA) is 29.5 Å². The van der Waals surface area contributed by atoms with Crippen LogP contribution in [-0.2, 0) is 21.7 Å². The average Bonchev–Trinajstić information content (AvgIpc) is 4.30. The first-order valence-corrected chi connectivity index (χ1v) is 26.4. The van der Waals surface area contributed by atoms with E-state index in [1.807, 2.05) is 24.3 Å². The van der Waals surface area contributed by atoms with E-state index in [0.29, 0.717) is 11.3 Å². The van der Waals surface area contributed by atoms with Crippen molar-refractivity contribution in [3.05, 3.63) is 232 Å². The number of rotatable bonds is 4. The fourth-order valence-electron chi connectivity index (χ4n) is 15.0. The number of hydrogen-bond acceptors (Lipinski definition) is 3. The van der Waals surface area contributed by atoms with E-state index in [9.17, 15) is 2.74 Å². The molecule has 0 saturated heterocycles. The van der Waals surface area contributed by atoms with Crippen molar-refractivity contribution < 1.29 is 15.7 Å². The molecule has 10 aromatic carbocycles. The maximum absolute atomic E-state index is 9.37. The number of furan rings is 2. The molecule has 0 unspecified atom stereocenters. The van der Waals surface area contributed by atoms with Crippen LogP contribution in [0.15, 0.2) is 197 Å². The van der Waals surface area contributed by atoms with E-state index in [4.69, 9.17) is 12.9 Å². The van der Waals surface area contributed by atoms with Crippen molar-refractivity contribution in [2.24, 2.45) is 0 Å². The van der Waals surface area contributed by atoms with Gasteiger partial charge in [-0.3, -0.25) is 0 Å². The number of anilines is 3. The Hall–Kier alpha value is -8.40. The van der Waals surface area contributed by atoms with Crippen LogP contribution < -0.4 is 4.90 Å². The van der Waals surface area contributed by atoms with Gasteiger partial charge in [0.15, 0.2) is 0 Å². The summed E-state index contributed by atoms with van der Waals surface area (Å²) in [7, 11) is 0. The third-order valence-corrected chi connectivity index (χ3v) is 18.2. The number of hydrogen-bond donors (Lipinski definition) is 0. The highest BCUT2D eigenvalue weighted by Crippen LogP contribution is 2.66. The van der Waals surface area contributed by atoms with Crippen molar-refractivity contribution in [1.29, 1.82) is 0 Å². The number of para-hydroxylation sites is 3. The molecular weight excluding hydrogens is 911 g/mol. The summed E-state index contributed by atoms with van der Waals surface area (Å²) in [6.45, 7) is 18.9. The lowest BCUT2D eigenvalue weighted by molar-refractivity contribution is 0.600. The Labute approximate surface area is 444 Å². The second kappa shape index (κ2) is 14.3. The first-order chi connectivity index (χ1) is 38.3. The molecule has 0 spiro atoms. The second-order valence-electron chi connectivity index (χ2n) is 23.5. The highest BCUT2D eigenvalue weighted by Gasteiger charge is 2.51. The standard InChI is InChI=1S/C72H55NO2/c1-69(2)50-29-17-12-25-44(50)61-65(69)63-57(59-48-27-15-20-32-55(48)74-67(59)61)46-36-34-41(38-52(46)71(63,5)6)73(54-31-19-14-24-43(54)40-22-10-9-11-23-40)42-35-37-47-53(39-42)72(7,8)64-58(47)60-49-28-16-21-33-56(49)75-68(60)62-45-26-13-18-30-51(45)70(3,4)66(62)64/h9-39H,1-8H3/i9D,10D,11D,22D,23D. The molecule has 4 aliphatic carbocycles. The summed E-state index contributed by atoms with van der Waals surface area (Å²) in [6, 6.07) is 54.3. The minimum Gasteiger partial charge on any atom is -0.455 e. The van der Waals surface area contributed by atoms with E-state index in [0.717, 1.165) is 66.4 Å². The second-order valence-corrected chi connectivity index (χ2v) is 23.5. The number of benzene rings is 10. The van der Waals surface area contributed by atoms with Crippen LogP contribution in [0, 0.1) is 0 Å². The maximum Gasteiger partial charge on any atom is 0.144 e. The minimum atomic E-state index is -0.500. The lowest BCUT2D eigenvalue weighted by Gasteiger charge is -2.33. The summed E-state index contributed by atoms with van der Waals surface area (Å²) in [5.41, 5.74) is 24.6. The molecule has 2 aromatic heterocycles. The van der Waals surface area contributed by atoms with Gasteiger partial charge in [0, 0.05) is 71.3 Å². The van der Waals surface area contributed by atoms with E-state index >= 15 is 0 Å². The van der Waals surface area contributed by atoms with Crippen LogP contribution >= 0.6 is 0 Å². The molecule has 0 amide bonds. The van der Waals surface area contributed by atoms with Gasteiger partial charge in [0.25, 0.3) is 0 Å². The van der Waals surface area contributed by atoms with Crippen molar-refractivity contribution in [1.82, 2.24) is 0 Å². The summed E-state index contributed by atoms with van der Waals surface area (Å²) in [6.07, 6.45) is 0. The average molecular weight is 971 g/mol. The van der Waals surface area contributed by atoms with Crippen LogP contribution in [0.1, 0.15) is 107 Å². The predicted octanol–water partition coefficient (Wildman–Crippen LogP) is 19.8. The fraction of sp³-hybridized carbons (Fsp3) is 0.167. The van der Waals surface area contributed by atoms with Crippen molar-refractivity contribution in [3.63, 3.8) is 0 Å². The molecule has 0 radical (unpaired) electrons. The smallest absolute Gasteiger partial charge is 0.144 e. The van der Waals surface area contributed by atoms with Crippen LogP contribution in [0.5, 0.6) is 0 Å². The Bertz CT molecular complexity index is 4580. The molecular formula is C72H55NO2. The first-order valence-electron chi connectivity index (χ1n) is 28.9. The largest absolute Gasteiger partial charge is 0.455 e. The van der Waals surface area contributed by atoms with Gasteiger partial charge in [0.05, 0.1) is 12.5 Å². The summed E-state index contributed by atoms with van der Waals surface area (Å²) in [5.74, 6) is 0. The molecule has 2 heterocycles. The third kappa shape index (κ3) is 5.26. The normalized spacial score (nSPS) is 17.1. The molecule has 0 saturated carbocycles. The van der Waals surface area contributed by atoms with Gasteiger partial charge in [0.1, 0.15) is 22.3 Å². The Kier molecular flexibility index (Phi) is 7.26. The van der Waals surface area contributed by atoms with E-state index in [2.05, 4.69) is 194 Å². The number of fused-ring (bicyclic) bond motifs is 24. The highest BCUT2D eigenvalue weighted by atomic mass is 16.3. The Balaban J connectivity index is 0.972. The minimum absolute atomic E-state index is 0.151. The predicted molar refractivity (Wildman–Crippen MR) is 311 cm³/mol. The lowest BCUT2D eigenvalue weighted by Crippen LogP contribution is -2.24. The van der Waals surface area contributed by atoms with Crippen molar-refractivity contribution >= 4 is 60.9 Å². The monoisotopic (exact) mass is 970 g/mol. The molecule has 0 N–H and O–H groups in total. The molecule has 4 aliphatic rings. The molecule has 0 atom stereocenters. The SMILES string of the molecule is [2H]c1c([2H])c([2H])c(-c2ccccc2N(c2ccc3c(c2)C(C)(C)c2c4c(c5oc6ccccc6c5c2-3)-c2ccccc2C4(C)C)c2ccc3c(c2)C(C)(C)c2c4c(c5oc6ccccc6c5c2-3)-c2ccccc2C4(C)C)c([2H])c1[2H]. The van der Waals surface area contributed by atoms with Gasteiger partial charge in [-0.2, -0.15) is 0 Å². The van der Waals surface area contributed by atoms with Gasteiger partial charge in [0.2, 0.25) is 0 Å². The Morgan fingerprint density at radius 3 is 1.25 bits per heavy atom. The highest BCUT2D eigenvalue weighted by molar-refractivity contribution is 6.22. The lowest BCUT2D eigenvalue weighted by atomic mass is 9.72. The van der Waals surface area contributed by atoms with Gasteiger partial charge in [-0.15, -0.1) is 0 Å².